The second-order valence-electron chi connectivity index (χ2n) is 9.67. The second-order valence-corrected chi connectivity index (χ2v) is 9.67. The smallest absolute Gasteiger partial charge is 0.261 e. The van der Waals surface area contributed by atoms with Crippen LogP contribution in [0.4, 0.5) is 11.4 Å². The Morgan fingerprint density at radius 3 is 1.79 bits per heavy atom. The van der Waals surface area contributed by atoms with E-state index >= 15 is 0 Å². The number of anilines is 2. The number of fused-ring (bicyclic) bond motifs is 2. The van der Waals surface area contributed by atoms with Gasteiger partial charge in [-0.3, -0.25) is 14.5 Å². The molecule has 0 N–H and O–H groups in total. The van der Waals surface area contributed by atoms with Gasteiger partial charge in [-0.15, -0.1) is 0 Å². The zero-order valence-electron chi connectivity index (χ0n) is 22.6. The van der Waals surface area contributed by atoms with Crippen LogP contribution in [0.1, 0.15) is 48.4 Å². The molecule has 2 radical (unpaired) electrons. The number of hydrogen-bond donors (Lipinski definition) is 0. The van der Waals surface area contributed by atoms with Crippen molar-refractivity contribution in [1.29, 1.82) is 0 Å². The molecule has 0 atom stereocenters. The maximum absolute atomic E-state index is 12.3. The molecule has 2 heterocycles. The minimum absolute atomic E-state index is 0.224. The van der Waals surface area contributed by atoms with Crippen LogP contribution in [0.15, 0.2) is 42.5 Å². The van der Waals surface area contributed by atoms with Crippen molar-refractivity contribution in [3.05, 3.63) is 60.3 Å². The van der Waals surface area contributed by atoms with Crippen molar-refractivity contribution in [2.75, 3.05) is 62.6 Å². The molecule has 0 saturated heterocycles. The molecule has 0 spiro atoms. The number of nitrogens with zero attached hydrogens (tertiary/aromatic N) is 3. The van der Waals surface area contributed by atoms with E-state index < -0.39 is 0 Å². The van der Waals surface area contributed by atoms with Crippen LogP contribution in [-0.4, -0.2) is 81.6 Å². The van der Waals surface area contributed by atoms with Crippen LogP contribution in [0.2, 0.25) is 0 Å². The quantitative estimate of drug-likeness (QED) is 0.257. The number of imide groups is 1. The van der Waals surface area contributed by atoms with E-state index in [9.17, 15) is 9.59 Å². The Balaban J connectivity index is 1.04. The Hall–Kier alpha value is -3.14. The first-order chi connectivity index (χ1) is 18.4. The van der Waals surface area contributed by atoms with Gasteiger partial charge in [-0.25, -0.2) is 0 Å². The zero-order valence-corrected chi connectivity index (χ0v) is 22.6. The number of carbonyl (C=O) groups excluding carboxylic acids is 2. The highest BCUT2D eigenvalue weighted by molar-refractivity contribution is 6.21. The molecule has 0 saturated carbocycles. The van der Waals surface area contributed by atoms with Crippen molar-refractivity contribution >= 4 is 23.2 Å². The van der Waals surface area contributed by atoms with E-state index in [0.717, 1.165) is 17.1 Å². The number of rotatable bonds is 15. The lowest BCUT2D eigenvalue weighted by atomic mass is 10.1. The third-order valence-corrected chi connectivity index (χ3v) is 6.29. The molecular formula is C29H37N3O6. The normalized spacial score (nSPS) is 14.7. The summed E-state index contributed by atoms with van der Waals surface area (Å²) in [6.45, 7) is 15.1. The maximum atomic E-state index is 12.3. The van der Waals surface area contributed by atoms with Crippen molar-refractivity contribution in [2.24, 2.45) is 0 Å². The Morgan fingerprint density at radius 1 is 0.684 bits per heavy atom. The summed E-state index contributed by atoms with van der Waals surface area (Å²) in [7, 11) is 0. The van der Waals surface area contributed by atoms with E-state index in [0.29, 0.717) is 62.9 Å². The van der Waals surface area contributed by atoms with E-state index in [1.165, 1.54) is 4.90 Å². The van der Waals surface area contributed by atoms with Gasteiger partial charge in [0.05, 0.1) is 68.7 Å². The lowest BCUT2D eigenvalue weighted by Gasteiger charge is -2.24. The molecule has 2 aliphatic heterocycles. The van der Waals surface area contributed by atoms with E-state index in [1.54, 1.807) is 24.3 Å². The van der Waals surface area contributed by atoms with Gasteiger partial charge in [0.15, 0.2) is 0 Å². The lowest BCUT2D eigenvalue weighted by Crippen LogP contribution is -2.33. The molecule has 9 heteroatoms. The molecule has 204 valence electrons. The molecule has 2 aromatic carbocycles. The summed E-state index contributed by atoms with van der Waals surface area (Å²) in [5.41, 5.74) is 3.14. The predicted molar refractivity (Wildman–Crippen MR) is 145 cm³/mol. The van der Waals surface area contributed by atoms with Crippen LogP contribution in [0.25, 0.3) is 0 Å². The van der Waals surface area contributed by atoms with Crippen molar-refractivity contribution in [3.63, 3.8) is 0 Å². The zero-order chi connectivity index (χ0) is 27.1. The SMILES string of the molecule is CC(C)N1[C]N(C(C)C)c2cc(OCCOCCOCCOCCN3C(=O)c4ccccc4C3=O)ccc21. The van der Waals surface area contributed by atoms with Crippen LogP contribution >= 0.6 is 0 Å². The molecule has 0 fully saturated rings. The van der Waals surface area contributed by atoms with E-state index in [2.05, 4.69) is 56.3 Å². The Labute approximate surface area is 225 Å². The van der Waals surface area contributed by atoms with Crippen LogP contribution < -0.4 is 14.5 Å². The third-order valence-electron chi connectivity index (χ3n) is 6.29. The minimum atomic E-state index is -0.268. The summed E-state index contributed by atoms with van der Waals surface area (Å²) >= 11 is 0. The average Bonchev–Trinajstić information content (AvgIpc) is 3.40. The Kier molecular flexibility index (Phi) is 9.60. The van der Waals surface area contributed by atoms with Crippen molar-refractivity contribution < 1.29 is 28.5 Å². The number of benzene rings is 2. The molecule has 38 heavy (non-hydrogen) atoms. The number of amides is 2. The standard InChI is InChI=1S/C29H37N3O6/c1-21(2)31-20-32(22(3)4)27-19-23(9-10-26(27)31)38-18-17-37-16-15-36-14-13-35-12-11-30-28(33)24-7-5-6-8-25(24)29(30)34/h5-10,19,21-22H,11-18H2,1-4H3. The Bertz CT molecular complexity index is 1070. The molecule has 2 aromatic rings. The fourth-order valence-corrected chi connectivity index (χ4v) is 4.36. The topological polar surface area (TPSA) is 80.8 Å². The Morgan fingerprint density at radius 2 is 1.21 bits per heavy atom. The minimum Gasteiger partial charge on any atom is -0.491 e. The highest BCUT2D eigenvalue weighted by Crippen LogP contribution is 2.42. The highest BCUT2D eigenvalue weighted by Gasteiger charge is 2.34. The molecule has 4 rings (SSSR count). The molecular weight excluding hydrogens is 486 g/mol. The molecule has 9 nitrogen and oxygen atoms in total. The number of ether oxygens (including phenoxy) is 4. The number of carbonyl (C=O) groups is 2. The van der Waals surface area contributed by atoms with Crippen LogP contribution in [0, 0.1) is 6.67 Å². The maximum Gasteiger partial charge on any atom is 0.261 e. The van der Waals surface area contributed by atoms with E-state index in [4.69, 9.17) is 18.9 Å². The van der Waals surface area contributed by atoms with Crippen LogP contribution in [0.3, 0.4) is 0 Å². The first-order valence-corrected chi connectivity index (χ1v) is 13.2. The summed E-state index contributed by atoms with van der Waals surface area (Å²) in [5.74, 6) is 0.269. The van der Waals surface area contributed by atoms with Gasteiger partial charge in [-0.1, -0.05) is 12.1 Å². The van der Waals surface area contributed by atoms with Crippen molar-refractivity contribution in [1.82, 2.24) is 4.90 Å². The summed E-state index contributed by atoms with van der Waals surface area (Å²) in [5, 5.41) is 0. The van der Waals surface area contributed by atoms with Crippen molar-refractivity contribution in [3.8, 4) is 5.75 Å². The van der Waals surface area contributed by atoms with Gasteiger partial charge in [0, 0.05) is 18.2 Å². The average molecular weight is 524 g/mol. The van der Waals surface area contributed by atoms with Gasteiger partial charge < -0.3 is 28.7 Å². The van der Waals surface area contributed by atoms with Crippen molar-refractivity contribution in [2.45, 2.75) is 39.8 Å². The van der Waals surface area contributed by atoms with Gasteiger partial charge in [0.25, 0.3) is 11.8 Å². The predicted octanol–water partition coefficient (Wildman–Crippen LogP) is 3.85. The first kappa shape index (κ1) is 27.9. The summed E-state index contributed by atoms with van der Waals surface area (Å²) in [4.78, 5) is 30.1. The summed E-state index contributed by atoms with van der Waals surface area (Å²) in [6.07, 6.45) is 0. The van der Waals surface area contributed by atoms with Gasteiger partial charge in [0.2, 0.25) is 6.67 Å². The molecule has 2 amide bonds. The fraction of sp³-hybridized carbons (Fsp3) is 0.483. The molecule has 0 bridgehead atoms. The third kappa shape index (κ3) is 6.46. The number of hydrogen-bond acceptors (Lipinski definition) is 8. The summed E-state index contributed by atoms with van der Waals surface area (Å²) in [6, 6.07) is 13.6. The molecule has 0 unspecified atom stereocenters. The first-order valence-electron chi connectivity index (χ1n) is 13.2. The molecule has 0 aromatic heterocycles. The van der Waals surface area contributed by atoms with Gasteiger partial charge >= 0.3 is 0 Å². The molecule has 0 aliphatic carbocycles. The van der Waals surface area contributed by atoms with Gasteiger partial charge in [0.1, 0.15) is 12.4 Å². The lowest BCUT2D eigenvalue weighted by molar-refractivity contribution is 0.00673. The molecule has 2 aliphatic rings. The van der Waals surface area contributed by atoms with E-state index in [1.807, 2.05) is 6.07 Å². The van der Waals surface area contributed by atoms with Crippen LogP contribution in [-0.2, 0) is 14.2 Å². The monoisotopic (exact) mass is 523 g/mol. The largest absolute Gasteiger partial charge is 0.491 e. The fourth-order valence-electron chi connectivity index (χ4n) is 4.36. The van der Waals surface area contributed by atoms with E-state index in [-0.39, 0.29) is 25.0 Å². The summed E-state index contributed by atoms with van der Waals surface area (Å²) < 4.78 is 22.5. The second kappa shape index (κ2) is 13.1. The highest BCUT2D eigenvalue weighted by atomic mass is 16.6. The van der Waals surface area contributed by atoms with Gasteiger partial charge in [-0.05, 0) is 52.0 Å². The van der Waals surface area contributed by atoms with Crippen LogP contribution in [0.5, 0.6) is 5.75 Å². The van der Waals surface area contributed by atoms with Gasteiger partial charge in [-0.2, -0.15) is 0 Å².